The van der Waals surface area contributed by atoms with Crippen LogP contribution in [0.25, 0.3) is 0 Å². The third kappa shape index (κ3) is 2.67. The van der Waals surface area contributed by atoms with Crippen molar-refractivity contribution in [2.24, 2.45) is 0 Å². The molecule has 21 heavy (non-hydrogen) atoms. The zero-order valence-corrected chi connectivity index (χ0v) is 12.5. The maximum atomic E-state index is 11.7. The zero-order chi connectivity index (χ0) is 15.0. The number of carbonyl (C=O) groups excluding carboxylic acids is 1. The summed E-state index contributed by atoms with van der Waals surface area (Å²) in [5.41, 5.74) is 3.63. The van der Waals surface area contributed by atoms with Crippen LogP contribution in [0.15, 0.2) is 42.5 Å². The number of benzene rings is 2. The van der Waals surface area contributed by atoms with E-state index in [1.54, 1.807) is 11.9 Å². The molecule has 0 aromatic heterocycles. The van der Waals surface area contributed by atoms with E-state index in [-0.39, 0.29) is 5.91 Å². The summed E-state index contributed by atoms with van der Waals surface area (Å²) in [6.07, 6.45) is 0.233. The lowest BCUT2D eigenvalue weighted by atomic mass is 9.99. The van der Waals surface area contributed by atoms with Crippen molar-refractivity contribution < 1.29 is 9.90 Å². The van der Waals surface area contributed by atoms with Crippen LogP contribution >= 0.6 is 11.6 Å². The van der Waals surface area contributed by atoms with E-state index < -0.39 is 6.10 Å². The summed E-state index contributed by atoms with van der Waals surface area (Å²) < 4.78 is 0. The number of nitrogens with zero attached hydrogens (tertiary/aromatic N) is 1. The van der Waals surface area contributed by atoms with Crippen molar-refractivity contribution in [3.63, 3.8) is 0 Å². The number of amides is 1. The van der Waals surface area contributed by atoms with E-state index >= 15 is 0 Å². The normalized spacial score (nSPS) is 15.2. The van der Waals surface area contributed by atoms with E-state index in [9.17, 15) is 9.90 Å². The van der Waals surface area contributed by atoms with Gasteiger partial charge in [-0.3, -0.25) is 4.79 Å². The van der Waals surface area contributed by atoms with Crippen LogP contribution in [0, 0.1) is 0 Å². The van der Waals surface area contributed by atoms with Gasteiger partial charge in [-0.15, -0.1) is 0 Å². The molecule has 1 aliphatic rings. The van der Waals surface area contributed by atoms with E-state index in [4.69, 9.17) is 11.6 Å². The van der Waals surface area contributed by atoms with E-state index in [1.165, 1.54) is 0 Å². The Morgan fingerprint density at radius 2 is 2.05 bits per heavy atom. The van der Waals surface area contributed by atoms with Gasteiger partial charge in [-0.25, -0.2) is 0 Å². The lowest BCUT2D eigenvalue weighted by Crippen LogP contribution is -2.20. The molecule has 1 atom stereocenters. The van der Waals surface area contributed by atoms with E-state index in [0.717, 1.165) is 22.4 Å². The largest absolute Gasteiger partial charge is 0.388 e. The molecule has 1 heterocycles. The topological polar surface area (TPSA) is 40.5 Å². The van der Waals surface area contributed by atoms with Crippen LogP contribution in [0.5, 0.6) is 0 Å². The number of halogens is 1. The fraction of sp³-hybridized carbons (Fsp3) is 0.235. The number of aliphatic hydroxyl groups is 1. The molecular formula is C17H16ClNO2. The Balaban J connectivity index is 1.84. The van der Waals surface area contributed by atoms with Crippen molar-refractivity contribution in [2.75, 3.05) is 11.9 Å². The van der Waals surface area contributed by atoms with Crippen LogP contribution in [0.3, 0.4) is 0 Å². The Morgan fingerprint density at radius 3 is 2.81 bits per heavy atom. The summed E-state index contributed by atoms with van der Waals surface area (Å²) >= 11 is 6.13. The van der Waals surface area contributed by atoms with Gasteiger partial charge in [-0.05, 0) is 28.8 Å². The first kappa shape index (κ1) is 14.1. The van der Waals surface area contributed by atoms with Gasteiger partial charge in [0.1, 0.15) is 0 Å². The molecule has 3 nitrogen and oxygen atoms in total. The molecule has 3 rings (SSSR count). The Labute approximate surface area is 128 Å². The maximum Gasteiger partial charge on any atom is 0.231 e. The van der Waals surface area contributed by atoms with Crippen molar-refractivity contribution >= 4 is 23.2 Å². The van der Waals surface area contributed by atoms with E-state index in [0.29, 0.717) is 17.9 Å². The molecule has 108 valence electrons. The zero-order valence-electron chi connectivity index (χ0n) is 11.7. The predicted octanol–water partition coefficient (Wildman–Crippen LogP) is 3.14. The predicted molar refractivity (Wildman–Crippen MR) is 83.7 cm³/mol. The van der Waals surface area contributed by atoms with Crippen molar-refractivity contribution in [1.82, 2.24) is 0 Å². The first-order valence-electron chi connectivity index (χ1n) is 6.87. The average molecular weight is 302 g/mol. The molecule has 0 aliphatic carbocycles. The highest BCUT2D eigenvalue weighted by Gasteiger charge is 2.24. The standard InChI is InChI=1S/C17H16ClNO2/c1-19-15-7-6-12(8-13(15)10-17(19)21)16(20)9-11-4-2-3-5-14(11)18/h2-8,16,20H,9-10H2,1H3. The first-order valence-corrected chi connectivity index (χ1v) is 7.25. The monoisotopic (exact) mass is 301 g/mol. The van der Waals surface area contributed by atoms with E-state index in [2.05, 4.69) is 0 Å². The van der Waals surface area contributed by atoms with Gasteiger partial charge in [0, 0.05) is 24.2 Å². The molecule has 1 aliphatic heterocycles. The molecule has 1 N–H and O–H groups in total. The quantitative estimate of drug-likeness (QED) is 0.946. The number of rotatable bonds is 3. The lowest BCUT2D eigenvalue weighted by molar-refractivity contribution is -0.117. The second kappa shape index (κ2) is 5.51. The number of aliphatic hydroxyl groups excluding tert-OH is 1. The van der Waals surface area contributed by atoms with Crippen LogP contribution < -0.4 is 4.90 Å². The molecular weight excluding hydrogens is 286 g/mol. The van der Waals surface area contributed by atoms with Crippen molar-refractivity contribution in [3.8, 4) is 0 Å². The first-order chi connectivity index (χ1) is 10.1. The highest BCUT2D eigenvalue weighted by molar-refractivity contribution is 6.31. The summed E-state index contributed by atoms with van der Waals surface area (Å²) in [6.45, 7) is 0. The molecule has 0 spiro atoms. The smallest absolute Gasteiger partial charge is 0.231 e. The van der Waals surface area contributed by atoms with E-state index in [1.807, 2.05) is 42.5 Å². The fourth-order valence-corrected chi connectivity index (χ4v) is 2.90. The molecule has 2 aromatic rings. The highest BCUT2D eigenvalue weighted by atomic mass is 35.5. The van der Waals surface area contributed by atoms with Gasteiger partial charge in [0.15, 0.2) is 0 Å². The summed E-state index contributed by atoms with van der Waals surface area (Å²) in [7, 11) is 1.77. The van der Waals surface area contributed by atoms with Crippen LogP contribution in [-0.2, 0) is 17.6 Å². The van der Waals surface area contributed by atoms with Crippen molar-refractivity contribution in [2.45, 2.75) is 18.9 Å². The number of hydrogen-bond donors (Lipinski definition) is 1. The Bertz CT molecular complexity index is 699. The number of carbonyl (C=O) groups is 1. The van der Waals surface area contributed by atoms with Crippen molar-refractivity contribution in [1.29, 1.82) is 0 Å². The van der Waals surface area contributed by atoms with Gasteiger partial charge in [0.05, 0.1) is 12.5 Å². The van der Waals surface area contributed by atoms with Crippen LogP contribution in [-0.4, -0.2) is 18.1 Å². The third-order valence-electron chi connectivity index (χ3n) is 3.94. The van der Waals surface area contributed by atoms with Gasteiger partial charge < -0.3 is 10.0 Å². The summed E-state index contributed by atoms with van der Waals surface area (Å²) in [5, 5.41) is 11.1. The van der Waals surface area contributed by atoms with Gasteiger partial charge in [-0.2, -0.15) is 0 Å². The van der Waals surface area contributed by atoms with Gasteiger partial charge in [-0.1, -0.05) is 41.9 Å². The molecule has 0 bridgehead atoms. The minimum Gasteiger partial charge on any atom is -0.388 e. The fourth-order valence-electron chi connectivity index (χ4n) is 2.69. The van der Waals surface area contributed by atoms with Gasteiger partial charge >= 0.3 is 0 Å². The lowest BCUT2D eigenvalue weighted by Gasteiger charge is -2.15. The Hall–Kier alpha value is -1.84. The third-order valence-corrected chi connectivity index (χ3v) is 4.31. The molecule has 0 saturated carbocycles. The second-order valence-electron chi connectivity index (χ2n) is 5.33. The Morgan fingerprint density at radius 1 is 1.29 bits per heavy atom. The number of fused-ring (bicyclic) bond motifs is 1. The van der Waals surface area contributed by atoms with Crippen LogP contribution in [0.4, 0.5) is 5.69 Å². The molecule has 0 radical (unpaired) electrons. The van der Waals surface area contributed by atoms with Crippen LogP contribution in [0.2, 0.25) is 5.02 Å². The van der Waals surface area contributed by atoms with Gasteiger partial charge in [0.2, 0.25) is 5.91 Å². The Kier molecular flexibility index (Phi) is 3.70. The molecule has 4 heteroatoms. The number of anilines is 1. The SMILES string of the molecule is CN1C(=O)Cc2cc(C(O)Cc3ccccc3Cl)ccc21. The maximum absolute atomic E-state index is 11.7. The number of likely N-dealkylation sites (N-methyl/N-ethyl adjacent to an activating group) is 1. The minimum atomic E-state index is -0.629. The van der Waals surface area contributed by atoms with Gasteiger partial charge in [0.25, 0.3) is 0 Å². The highest BCUT2D eigenvalue weighted by Crippen LogP contribution is 2.31. The average Bonchev–Trinajstić information content (AvgIpc) is 2.76. The summed E-state index contributed by atoms with van der Waals surface area (Å²) in [5.74, 6) is 0.0859. The molecule has 1 amide bonds. The van der Waals surface area contributed by atoms with Crippen LogP contribution in [0.1, 0.15) is 22.8 Å². The minimum absolute atomic E-state index is 0.0859. The molecule has 0 saturated heterocycles. The summed E-state index contributed by atoms with van der Waals surface area (Å²) in [4.78, 5) is 13.3. The molecule has 2 aromatic carbocycles. The summed E-state index contributed by atoms with van der Waals surface area (Å²) in [6, 6.07) is 13.2. The molecule has 1 unspecified atom stereocenters. The molecule has 0 fully saturated rings. The second-order valence-corrected chi connectivity index (χ2v) is 5.74. The van der Waals surface area contributed by atoms with Crippen molar-refractivity contribution in [3.05, 3.63) is 64.2 Å². The number of hydrogen-bond acceptors (Lipinski definition) is 2.